The van der Waals surface area contributed by atoms with E-state index < -0.39 is 0 Å². The Balaban J connectivity index is 1.69. The Morgan fingerprint density at radius 1 is 1.14 bits per heavy atom. The maximum Gasteiger partial charge on any atom is 0.249 e. The minimum absolute atomic E-state index is 0.276. The number of pyridine rings is 1. The van der Waals surface area contributed by atoms with Gasteiger partial charge < -0.3 is 5.32 Å². The number of anilines is 1. The van der Waals surface area contributed by atoms with Crippen LogP contribution < -0.4 is 5.32 Å². The lowest BCUT2D eigenvalue weighted by Gasteiger charge is -2.06. The van der Waals surface area contributed by atoms with Gasteiger partial charge in [0, 0.05) is 30.4 Å². The lowest BCUT2D eigenvalue weighted by atomic mass is 10.1. The highest BCUT2D eigenvalue weighted by Crippen LogP contribution is 2.28. The molecule has 0 saturated carbocycles. The molecule has 28 heavy (non-hydrogen) atoms. The van der Waals surface area contributed by atoms with E-state index in [1.54, 1.807) is 17.8 Å². The summed E-state index contributed by atoms with van der Waals surface area (Å²) in [7, 11) is 1.76. The van der Waals surface area contributed by atoms with Crippen LogP contribution in [0.4, 0.5) is 5.82 Å². The van der Waals surface area contributed by atoms with Crippen molar-refractivity contribution in [1.29, 1.82) is 0 Å². The molecule has 1 amide bonds. The first kappa shape index (κ1) is 18.0. The maximum atomic E-state index is 12.6. The predicted molar refractivity (Wildman–Crippen MR) is 111 cm³/mol. The Morgan fingerprint density at radius 3 is 2.61 bits per heavy atom. The van der Waals surface area contributed by atoms with Crippen molar-refractivity contribution in [3.8, 4) is 11.3 Å². The van der Waals surface area contributed by atoms with Crippen molar-refractivity contribution in [2.75, 3.05) is 5.32 Å². The molecule has 1 aromatic carbocycles. The molecule has 6 nitrogen and oxygen atoms in total. The molecular weight excluding hydrogens is 374 g/mol. The van der Waals surface area contributed by atoms with Gasteiger partial charge in [-0.2, -0.15) is 5.10 Å². The van der Waals surface area contributed by atoms with Gasteiger partial charge in [-0.3, -0.25) is 13.9 Å². The van der Waals surface area contributed by atoms with Crippen molar-refractivity contribution in [2.45, 2.75) is 6.92 Å². The van der Waals surface area contributed by atoms with Gasteiger partial charge in [-0.1, -0.05) is 48.0 Å². The van der Waals surface area contributed by atoms with Crippen LogP contribution in [-0.4, -0.2) is 25.1 Å². The second-order valence-corrected chi connectivity index (χ2v) is 6.70. The molecule has 0 fully saturated rings. The Kier molecular flexibility index (Phi) is 4.71. The molecule has 3 aromatic heterocycles. The summed E-state index contributed by atoms with van der Waals surface area (Å²) in [5.41, 5.74) is 3.88. The number of rotatable bonds is 4. The molecule has 4 rings (SSSR count). The molecule has 0 unspecified atom stereocenters. The summed E-state index contributed by atoms with van der Waals surface area (Å²) in [5, 5.41) is 7.69. The van der Waals surface area contributed by atoms with Crippen LogP contribution in [0.3, 0.4) is 0 Å². The highest BCUT2D eigenvalue weighted by Gasteiger charge is 2.15. The van der Waals surface area contributed by atoms with E-state index in [-0.39, 0.29) is 5.91 Å². The molecule has 1 N–H and O–H groups in total. The van der Waals surface area contributed by atoms with Crippen LogP contribution in [0.2, 0.25) is 5.15 Å². The van der Waals surface area contributed by atoms with Crippen molar-refractivity contribution < 1.29 is 4.79 Å². The molecule has 0 radical (unpaired) electrons. The van der Waals surface area contributed by atoms with Gasteiger partial charge in [-0.15, -0.1) is 0 Å². The summed E-state index contributed by atoms with van der Waals surface area (Å²) in [6.45, 7) is 1.85. The Morgan fingerprint density at radius 2 is 1.89 bits per heavy atom. The van der Waals surface area contributed by atoms with Crippen LogP contribution in [0.25, 0.3) is 23.0 Å². The Bertz CT molecular complexity index is 1190. The summed E-state index contributed by atoms with van der Waals surface area (Å²) in [6, 6.07) is 15.5. The van der Waals surface area contributed by atoms with E-state index in [1.807, 2.05) is 66.1 Å². The lowest BCUT2D eigenvalue weighted by Crippen LogP contribution is -2.10. The van der Waals surface area contributed by atoms with Crippen LogP contribution in [0.1, 0.15) is 11.3 Å². The average molecular weight is 392 g/mol. The van der Waals surface area contributed by atoms with Crippen molar-refractivity contribution in [3.63, 3.8) is 0 Å². The number of carbonyl (C=O) groups excluding carboxylic acids is 1. The van der Waals surface area contributed by atoms with Crippen molar-refractivity contribution >= 4 is 35.0 Å². The highest BCUT2D eigenvalue weighted by atomic mass is 35.5. The molecule has 140 valence electrons. The average Bonchev–Trinajstić information content (AvgIpc) is 3.18. The first-order chi connectivity index (χ1) is 13.5. The number of benzene rings is 1. The number of halogens is 1. The van der Waals surface area contributed by atoms with Gasteiger partial charge in [0.1, 0.15) is 22.3 Å². The van der Waals surface area contributed by atoms with Crippen molar-refractivity contribution in [1.82, 2.24) is 19.2 Å². The van der Waals surface area contributed by atoms with Crippen LogP contribution >= 0.6 is 11.6 Å². The number of nitrogens with one attached hydrogen (secondary N) is 1. The first-order valence-electron chi connectivity index (χ1n) is 8.75. The SMILES string of the molecule is Cc1nn(C)c(Cl)c1/C=C/C(=O)Nc1c(-c2ccccc2)nc2ccccn12. The number of hydrogen-bond acceptors (Lipinski definition) is 3. The van der Waals surface area contributed by atoms with E-state index in [4.69, 9.17) is 11.6 Å². The van der Waals surface area contributed by atoms with Gasteiger partial charge in [0.2, 0.25) is 5.91 Å². The zero-order valence-electron chi connectivity index (χ0n) is 15.4. The number of aromatic nitrogens is 4. The molecule has 3 heterocycles. The molecule has 0 saturated heterocycles. The number of aryl methyl sites for hydroxylation is 2. The third-order valence-electron chi connectivity index (χ3n) is 4.42. The quantitative estimate of drug-likeness (QED) is 0.526. The van der Waals surface area contributed by atoms with E-state index in [9.17, 15) is 4.79 Å². The normalized spacial score (nSPS) is 11.4. The van der Waals surface area contributed by atoms with E-state index in [1.165, 1.54) is 6.08 Å². The summed E-state index contributed by atoms with van der Waals surface area (Å²) in [5.74, 6) is 0.340. The first-order valence-corrected chi connectivity index (χ1v) is 9.13. The molecule has 7 heteroatoms. The van der Waals surface area contributed by atoms with Crippen LogP contribution in [0.5, 0.6) is 0 Å². The van der Waals surface area contributed by atoms with Crippen LogP contribution in [0.15, 0.2) is 60.8 Å². The molecule has 0 aliphatic heterocycles. The number of amides is 1. The van der Waals surface area contributed by atoms with E-state index in [0.717, 1.165) is 22.5 Å². The van der Waals surface area contributed by atoms with Gasteiger partial charge in [-0.05, 0) is 25.1 Å². The summed E-state index contributed by atoms with van der Waals surface area (Å²) < 4.78 is 3.43. The number of hydrogen-bond donors (Lipinski definition) is 1. The topological polar surface area (TPSA) is 64.2 Å². The fraction of sp³-hybridized carbons (Fsp3) is 0.0952. The fourth-order valence-corrected chi connectivity index (χ4v) is 3.30. The standard InChI is InChI=1S/C21H18ClN5O/c1-14-16(20(22)26(2)25-14)11-12-18(28)24-21-19(15-8-4-3-5-9-15)23-17-10-6-7-13-27(17)21/h3-13H,1-2H3,(H,24,28)/b12-11+. The predicted octanol–water partition coefficient (Wildman–Crippen LogP) is 4.35. The summed E-state index contributed by atoms with van der Waals surface area (Å²) in [6.07, 6.45) is 4.99. The molecule has 0 aliphatic carbocycles. The monoisotopic (exact) mass is 391 g/mol. The minimum atomic E-state index is -0.276. The van der Waals surface area contributed by atoms with E-state index in [0.29, 0.717) is 16.7 Å². The third-order valence-corrected chi connectivity index (χ3v) is 4.86. The largest absolute Gasteiger partial charge is 0.306 e. The maximum absolute atomic E-state index is 12.6. The number of fused-ring (bicyclic) bond motifs is 1. The summed E-state index contributed by atoms with van der Waals surface area (Å²) in [4.78, 5) is 17.3. The summed E-state index contributed by atoms with van der Waals surface area (Å²) >= 11 is 6.23. The molecule has 4 aromatic rings. The van der Waals surface area contributed by atoms with Gasteiger partial charge in [0.15, 0.2) is 0 Å². The molecule has 0 atom stereocenters. The zero-order valence-corrected chi connectivity index (χ0v) is 16.2. The molecular formula is C21H18ClN5O. The van der Waals surface area contributed by atoms with Gasteiger partial charge in [0.25, 0.3) is 0 Å². The van der Waals surface area contributed by atoms with Crippen LogP contribution in [0, 0.1) is 6.92 Å². The molecule has 0 bridgehead atoms. The van der Waals surface area contributed by atoms with Gasteiger partial charge in [-0.25, -0.2) is 4.98 Å². The van der Waals surface area contributed by atoms with Crippen molar-refractivity contribution in [2.24, 2.45) is 7.05 Å². The number of nitrogens with zero attached hydrogens (tertiary/aromatic N) is 4. The number of imidazole rings is 1. The molecule has 0 spiro atoms. The van der Waals surface area contributed by atoms with E-state index in [2.05, 4.69) is 15.4 Å². The third kappa shape index (κ3) is 3.30. The lowest BCUT2D eigenvalue weighted by molar-refractivity contribution is -0.111. The molecule has 0 aliphatic rings. The Labute approximate surface area is 167 Å². The van der Waals surface area contributed by atoms with E-state index >= 15 is 0 Å². The van der Waals surface area contributed by atoms with Crippen LogP contribution in [-0.2, 0) is 11.8 Å². The highest BCUT2D eigenvalue weighted by molar-refractivity contribution is 6.31. The minimum Gasteiger partial charge on any atom is -0.306 e. The smallest absolute Gasteiger partial charge is 0.249 e. The zero-order chi connectivity index (χ0) is 19.7. The Hall–Kier alpha value is -3.38. The number of carbonyl (C=O) groups is 1. The van der Waals surface area contributed by atoms with Gasteiger partial charge >= 0.3 is 0 Å². The van der Waals surface area contributed by atoms with Gasteiger partial charge in [0.05, 0.1) is 5.69 Å². The van der Waals surface area contributed by atoms with Crippen molar-refractivity contribution in [3.05, 3.63) is 77.2 Å². The fourth-order valence-electron chi connectivity index (χ4n) is 3.07. The second kappa shape index (κ2) is 7.32. The second-order valence-electron chi connectivity index (χ2n) is 6.34.